The smallest absolute Gasteiger partial charge is 0.338 e. The second kappa shape index (κ2) is 8.96. The summed E-state index contributed by atoms with van der Waals surface area (Å²) in [5.41, 5.74) is 0.569. The molecule has 0 radical (unpaired) electrons. The van der Waals surface area contributed by atoms with Gasteiger partial charge in [-0.15, -0.1) is 0 Å². The Morgan fingerprint density at radius 3 is 2.83 bits per heavy atom. The Balaban J connectivity index is 1.73. The number of nitro groups is 1. The molecule has 36 heavy (non-hydrogen) atoms. The number of carbonyl (C=O) groups is 1. The Bertz CT molecular complexity index is 1640. The van der Waals surface area contributed by atoms with Gasteiger partial charge in [-0.25, -0.2) is 9.79 Å². The first-order chi connectivity index (χ1) is 17.3. The number of aromatic hydroxyl groups is 1. The van der Waals surface area contributed by atoms with Gasteiger partial charge in [-0.1, -0.05) is 17.4 Å². The van der Waals surface area contributed by atoms with Crippen molar-refractivity contribution < 1.29 is 29.0 Å². The maximum atomic E-state index is 13.6. The third kappa shape index (κ3) is 3.90. The van der Waals surface area contributed by atoms with E-state index >= 15 is 0 Å². The molecule has 0 saturated carbocycles. The van der Waals surface area contributed by atoms with Crippen LogP contribution in [0.1, 0.15) is 31.0 Å². The summed E-state index contributed by atoms with van der Waals surface area (Å²) in [5.74, 6) is 0.203. The van der Waals surface area contributed by atoms with Gasteiger partial charge in [0.2, 0.25) is 6.79 Å². The molecule has 11 nitrogen and oxygen atoms in total. The van der Waals surface area contributed by atoms with Crippen molar-refractivity contribution in [3.8, 4) is 17.2 Å². The van der Waals surface area contributed by atoms with Crippen LogP contribution in [-0.2, 0) is 9.53 Å². The number of hydrogen-bond donors (Lipinski definition) is 1. The topological polar surface area (TPSA) is 142 Å². The molecule has 0 unspecified atom stereocenters. The summed E-state index contributed by atoms with van der Waals surface area (Å²) in [6.45, 7) is 3.55. The minimum absolute atomic E-state index is 0.0633. The molecule has 2 aliphatic heterocycles. The summed E-state index contributed by atoms with van der Waals surface area (Å²) < 4.78 is 17.7. The zero-order valence-corrected chi connectivity index (χ0v) is 19.9. The summed E-state index contributed by atoms with van der Waals surface area (Å²) in [7, 11) is 0. The second-order valence-corrected chi connectivity index (χ2v) is 8.92. The second-order valence-electron chi connectivity index (χ2n) is 7.92. The van der Waals surface area contributed by atoms with Gasteiger partial charge in [0.05, 0.1) is 33.4 Å². The summed E-state index contributed by atoms with van der Waals surface area (Å²) in [6.07, 6.45) is 1.37. The van der Waals surface area contributed by atoms with Crippen molar-refractivity contribution in [2.45, 2.75) is 19.9 Å². The third-order valence-electron chi connectivity index (χ3n) is 5.74. The molecule has 184 valence electrons. The Morgan fingerprint density at radius 2 is 2.08 bits per heavy atom. The number of benzene rings is 2. The number of non-ortho nitro benzene ring substituents is 1. The monoisotopic (exact) mass is 509 g/mol. The van der Waals surface area contributed by atoms with E-state index in [-0.39, 0.29) is 40.5 Å². The molecule has 0 bridgehead atoms. The summed E-state index contributed by atoms with van der Waals surface area (Å²) >= 11 is 1.04. The molecule has 0 fully saturated rings. The van der Waals surface area contributed by atoms with Crippen molar-refractivity contribution >= 4 is 29.1 Å². The highest BCUT2D eigenvalue weighted by molar-refractivity contribution is 7.07. The molecule has 12 heteroatoms. The maximum Gasteiger partial charge on any atom is 0.338 e. The van der Waals surface area contributed by atoms with Gasteiger partial charge in [-0.3, -0.25) is 19.5 Å². The number of ether oxygens (including phenoxy) is 3. The lowest BCUT2D eigenvalue weighted by atomic mass is 9.95. The van der Waals surface area contributed by atoms with Crippen LogP contribution in [0.3, 0.4) is 0 Å². The van der Waals surface area contributed by atoms with E-state index in [1.165, 1.54) is 28.8 Å². The molecule has 2 aromatic carbocycles. The number of fused-ring (bicyclic) bond motifs is 2. The number of rotatable bonds is 5. The summed E-state index contributed by atoms with van der Waals surface area (Å²) in [5, 5.41) is 21.4. The predicted octanol–water partition coefficient (Wildman–Crippen LogP) is 2.14. The van der Waals surface area contributed by atoms with E-state index in [0.29, 0.717) is 27.6 Å². The van der Waals surface area contributed by atoms with Gasteiger partial charge in [0, 0.05) is 17.7 Å². The molecule has 0 aliphatic carbocycles. The van der Waals surface area contributed by atoms with Crippen LogP contribution in [0.4, 0.5) is 5.69 Å². The van der Waals surface area contributed by atoms with Crippen LogP contribution in [0.25, 0.3) is 6.08 Å². The first-order valence-corrected chi connectivity index (χ1v) is 11.7. The molecular formula is C24H19N3O8S. The van der Waals surface area contributed by atoms with Crippen LogP contribution in [0, 0.1) is 10.1 Å². The number of phenols is 1. The quantitative estimate of drug-likeness (QED) is 0.313. The zero-order chi connectivity index (χ0) is 25.6. The van der Waals surface area contributed by atoms with Crippen molar-refractivity contribution in [1.82, 2.24) is 4.57 Å². The number of aromatic nitrogens is 1. The molecule has 0 saturated heterocycles. The van der Waals surface area contributed by atoms with E-state index < -0.39 is 22.5 Å². The number of nitro benzene ring substituents is 1. The minimum Gasteiger partial charge on any atom is -0.507 e. The Labute approximate surface area is 207 Å². The average molecular weight is 509 g/mol. The Morgan fingerprint density at radius 1 is 1.31 bits per heavy atom. The first-order valence-electron chi connectivity index (χ1n) is 10.8. The molecular weight excluding hydrogens is 490 g/mol. The van der Waals surface area contributed by atoms with Gasteiger partial charge in [0.1, 0.15) is 5.75 Å². The molecule has 3 aromatic rings. The normalized spacial score (nSPS) is 16.5. The highest BCUT2D eigenvalue weighted by atomic mass is 32.1. The summed E-state index contributed by atoms with van der Waals surface area (Å²) in [4.78, 5) is 42.0. The highest BCUT2D eigenvalue weighted by Crippen LogP contribution is 2.38. The van der Waals surface area contributed by atoms with Crippen LogP contribution in [0.15, 0.2) is 57.5 Å². The van der Waals surface area contributed by atoms with Crippen LogP contribution in [-0.4, -0.2) is 34.0 Å². The van der Waals surface area contributed by atoms with E-state index in [1.807, 2.05) is 0 Å². The summed E-state index contributed by atoms with van der Waals surface area (Å²) in [6, 6.07) is 7.82. The molecule has 1 aromatic heterocycles. The van der Waals surface area contributed by atoms with Crippen LogP contribution in [0.5, 0.6) is 17.2 Å². The van der Waals surface area contributed by atoms with Gasteiger partial charge < -0.3 is 19.3 Å². The van der Waals surface area contributed by atoms with Crippen molar-refractivity contribution in [3.63, 3.8) is 0 Å². The van der Waals surface area contributed by atoms with E-state index in [2.05, 4.69) is 4.99 Å². The van der Waals surface area contributed by atoms with Crippen LogP contribution < -0.4 is 24.4 Å². The van der Waals surface area contributed by atoms with E-state index in [4.69, 9.17) is 14.2 Å². The number of nitrogens with zero attached hydrogens (tertiary/aromatic N) is 3. The predicted molar refractivity (Wildman–Crippen MR) is 128 cm³/mol. The Kier molecular flexibility index (Phi) is 5.80. The molecule has 3 heterocycles. The maximum absolute atomic E-state index is 13.6. The van der Waals surface area contributed by atoms with Crippen molar-refractivity contribution in [2.75, 3.05) is 13.4 Å². The van der Waals surface area contributed by atoms with Gasteiger partial charge in [-0.2, -0.15) is 0 Å². The van der Waals surface area contributed by atoms with E-state index in [1.54, 1.807) is 32.0 Å². The van der Waals surface area contributed by atoms with Gasteiger partial charge in [0.25, 0.3) is 11.2 Å². The lowest BCUT2D eigenvalue weighted by molar-refractivity contribution is -0.384. The fourth-order valence-corrected chi connectivity index (χ4v) is 5.14. The third-order valence-corrected chi connectivity index (χ3v) is 6.72. The number of phenolic OH excluding ortho intramolecular Hbond substituents is 1. The molecule has 1 atom stereocenters. The van der Waals surface area contributed by atoms with Gasteiger partial charge in [0.15, 0.2) is 16.3 Å². The molecule has 0 spiro atoms. The van der Waals surface area contributed by atoms with Crippen molar-refractivity contribution in [3.05, 3.63) is 88.6 Å². The highest BCUT2D eigenvalue weighted by Gasteiger charge is 2.34. The lowest BCUT2D eigenvalue weighted by Gasteiger charge is -2.24. The average Bonchev–Trinajstić information content (AvgIpc) is 3.43. The number of esters is 1. The number of hydrogen-bond acceptors (Lipinski definition) is 10. The lowest BCUT2D eigenvalue weighted by Crippen LogP contribution is -2.39. The van der Waals surface area contributed by atoms with Gasteiger partial charge >= 0.3 is 5.97 Å². The first kappa shape index (κ1) is 23.3. The zero-order valence-electron chi connectivity index (χ0n) is 19.1. The standard InChI is InChI=1S/C24H19N3O8S/c1-3-33-23(30)20-12(2)25-24-26(21(20)13-4-7-17-18(9-13)35-11-34-17)22(29)19(36-24)10-14-8-15(27(31)32)5-6-16(14)28/h4-10,21,28H,3,11H2,1-2H3/b19-10-/t21-/m1/s1. The molecule has 5 rings (SSSR count). The molecule has 0 amide bonds. The van der Waals surface area contributed by atoms with Gasteiger partial charge in [-0.05, 0) is 43.7 Å². The van der Waals surface area contributed by atoms with Crippen molar-refractivity contribution in [2.24, 2.45) is 4.99 Å². The fraction of sp³-hybridized carbons (Fsp3) is 0.208. The fourth-order valence-electron chi connectivity index (χ4n) is 4.10. The van der Waals surface area contributed by atoms with Crippen molar-refractivity contribution in [1.29, 1.82) is 0 Å². The SMILES string of the molecule is CCOC(=O)C1=C(C)N=c2s/c(=C\c3cc([N+](=O)[O-])ccc3O)c(=O)n2[C@@H]1c1ccc2c(c1)OCO2. The minimum atomic E-state index is -0.865. The molecule has 1 N–H and O–H groups in total. The number of carbonyl (C=O) groups excluding carboxylic acids is 1. The largest absolute Gasteiger partial charge is 0.507 e. The van der Waals surface area contributed by atoms with E-state index in [9.17, 15) is 24.8 Å². The van der Waals surface area contributed by atoms with E-state index in [0.717, 1.165) is 11.3 Å². The number of allylic oxidation sites excluding steroid dienone is 1. The molecule has 2 aliphatic rings. The van der Waals surface area contributed by atoms with Crippen LogP contribution in [0.2, 0.25) is 0 Å². The Hall–Kier alpha value is -4.45. The van der Waals surface area contributed by atoms with Crippen LogP contribution >= 0.6 is 11.3 Å². The number of thiazole rings is 1.